The lowest BCUT2D eigenvalue weighted by Gasteiger charge is -2.39. The zero-order chi connectivity index (χ0) is 64.1. The summed E-state index contributed by atoms with van der Waals surface area (Å²) in [5.41, 5.74) is 8.34. The van der Waals surface area contributed by atoms with Crippen molar-refractivity contribution in [2.45, 2.75) is 157 Å². The molecule has 0 saturated heterocycles. The first-order valence-corrected chi connectivity index (χ1v) is 39.7. The number of aromatic nitrogens is 4. The lowest BCUT2D eigenvalue weighted by atomic mass is 9.75. The van der Waals surface area contributed by atoms with Crippen molar-refractivity contribution >= 4 is 30.4 Å². The number of halogens is 4. The Balaban J connectivity index is 0.00000270. The van der Waals surface area contributed by atoms with Crippen molar-refractivity contribution in [3.8, 4) is 46.0 Å². The van der Waals surface area contributed by atoms with Crippen LogP contribution >= 0.6 is 30.4 Å². The number of nitrogens with zero attached hydrogens (tertiary/aromatic N) is 4. The van der Waals surface area contributed by atoms with E-state index in [1.807, 2.05) is 100 Å². The van der Waals surface area contributed by atoms with Gasteiger partial charge in [0.15, 0.2) is 49.6 Å². The summed E-state index contributed by atoms with van der Waals surface area (Å²) < 4.78 is 129. The first kappa shape index (κ1) is 74.2. The second-order valence-corrected chi connectivity index (χ2v) is 33.9. The fourth-order valence-electron chi connectivity index (χ4n) is 14.2. The van der Waals surface area contributed by atoms with Gasteiger partial charge in [0.05, 0.1) is 24.6 Å². The van der Waals surface area contributed by atoms with Gasteiger partial charge < -0.3 is 85.8 Å². The van der Waals surface area contributed by atoms with Gasteiger partial charge in [-0.1, -0.05) is 52.0 Å². The third kappa shape index (κ3) is 14.5. The van der Waals surface area contributed by atoms with Crippen molar-refractivity contribution in [1.29, 1.82) is 0 Å². The van der Waals surface area contributed by atoms with Crippen molar-refractivity contribution in [1.82, 2.24) is 0 Å². The maximum absolute atomic E-state index is 16.0. The van der Waals surface area contributed by atoms with Crippen LogP contribution in [0.5, 0.6) is 46.0 Å². The normalized spacial score (nSPS) is 22.7. The van der Waals surface area contributed by atoms with E-state index < -0.39 is 54.1 Å². The van der Waals surface area contributed by atoms with Crippen LogP contribution in [0.25, 0.3) is 0 Å². The summed E-state index contributed by atoms with van der Waals surface area (Å²) in [5, 5.41) is 0. The highest BCUT2D eigenvalue weighted by atomic mass is 35.5. The molecule has 0 amide bonds. The molecule has 8 heterocycles. The summed E-state index contributed by atoms with van der Waals surface area (Å²) in [4.78, 5) is 0. The predicted molar refractivity (Wildman–Crippen MR) is 353 cm³/mol. The Kier molecular flexibility index (Phi) is 23.7. The molecule has 24 heteroatoms. The van der Waals surface area contributed by atoms with Crippen LogP contribution in [0.3, 0.4) is 0 Å². The minimum absolute atomic E-state index is 0. The van der Waals surface area contributed by atoms with Gasteiger partial charge in [-0.15, -0.1) is 0 Å². The standard InChI is InChI=1S/C72H84N4O12P4.4ClH/c1-9-89(77)81-65-49(5)67-59-45-57(65)53(29-25-41-73-33-17-13-18-34-73)58-46-60-55(31-27-43-75-37-21-15-22-38-75)62-48-64-56(32-28-44-76-39-23-16-24-40-76)63-47-61(54(59)30-26-42-74-35-19-14-20-36-74)69(85-90(78,10-2)83-67)51(7)71(63)87-92(80,12-4)88-72(64)52(8)70(62)86-91(79,11-3)84-68(60)50(6)66(58)82-89;;;;/h13-24,33-40,45-48,53-56H,9-12,25-32,41-44H2,1-8H3;4*1H/q+4;;;;/p-4. The van der Waals surface area contributed by atoms with Gasteiger partial charge in [-0.25, -0.2) is 36.5 Å². The summed E-state index contributed by atoms with van der Waals surface area (Å²) in [6.07, 6.45) is 21.6. The third-order valence-corrected chi connectivity index (χ3v) is 26.0. The van der Waals surface area contributed by atoms with Gasteiger partial charge in [0.2, 0.25) is 0 Å². The van der Waals surface area contributed by atoms with E-state index >= 15 is 18.3 Å². The molecule has 4 aliphatic heterocycles. The van der Waals surface area contributed by atoms with E-state index in [4.69, 9.17) is 36.2 Å². The van der Waals surface area contributed by atoms with Gasteiger partial charge in [0.1, 0.15) is 72.2 Å². The Morgan fingerprint density at radius 2 is 0.438 bits per heavy atom. The van der Waals surface area contributed by atoms with Gasteiger partial charge >= 0.3 is 30.4 Å². The lowest BCUT2D eigenvalue weighted by molar-refractivity contribution is -0.697. The number of pyridine rings is 4. The van der Waals surface area contributed by atoms with Gasteiger partial charge in [-0.3, -0.25) is 0 Å². The third-order valence-electron chi connectivity index (χ3n) is 19.2. The molecule has 8 bridgehead atoms. The summed E-state index contributed by atoms with van der Waals surface area (Å²) in [6.45, 7) is 17.5. The van der Waals surface area contributed by atoms with Gasteiger partial charge in [-0.2, -0.15) is 0 Å². The van der Waals surface area contributed by atoms with Crippen LogP contribution in [-0.4, -0.2) is 24.6 Å². The van der Waals surface area contributed by atoms with Gasteiger partial charge in [0, 0.05) is 165 Å². The molecule has 0 radical (unpaired) electrons. The highest BCUT2D eigenvalue weighted by Gasteiger charge is 2.48. The lowest BCUT2D eigenvalue weighted by Crippen LogP contribution is -3.00. The largest absolute Gasteiger partial charge is 1.00 e. The number of aryl methyl sites for hydroxylation is 4. The average molecular weight is 1460 g/mol. The van der Waals surface area contributed by atoms with E-state index in [0.29, 0.717) is 146 Å². The topological polar surface area (TPSA) is 158 Å². The summed E-state index contributed by atoms with van der Waals surface area (Å²) in [5.74, 6) is 0.775. The van der Waals surface area contributed by atoms with Gasteiger partial charge in [0.25, 0.3) is 0 Å². The van der Waals surface area contributed by atoms with Crippen LogP contribution in [0.1, 0.15) is 169 Å². The molecule has 4 aromatic heterocycles. The van der Waals surface area contributed by atoms with E-state index in [1.165, 1.54) is 0 Å². The molecular weight excluding hydrogens is 1380 g/mol. The molecule has 1 aliphatic carbocycles. The molecule has 13 rings (SSSR count). The van der Waals surface area contributed by atoms with E-state index in [0.717, 1.165) is 44.5 Å². The van der Waals surface area contributed by atoms with Crippen molar-refractivity contribution < 1.29 is 122 Å². The molecule has 0 unspecified atom stereocenters. The zero-order valence-electron chi connectivity index (χ0n) is 55.5. The summed E-state index contributed by atoms with van der Waals surface area (Å²) in [7, 11) is -16.6. The maximum atomic E-state index is 16.0. The van der Waals surface area contributed by atoms with E-state index in [2.05, 4.69) is 92.1 Å². The zero-order valence-corrected chi connectivity index (χ0v) is 62.1. The molecule has 0 N–H and O–H groups in total. The van der Waals surface area contributed by atoms with Crippen LogP contribution in [-0.2, 0) is 44.4 Å². The molecule has 4 aromatic carbocycles. The van der Waals surface area contributed by atoms with Crippen molar-refractivity contribution in [3.63, 3.8) is 0 Å². The first-order valence-electron chi connectivity index (χ1n) is 32.8. The Morgan fingerprint density at radius 3 is 0.583 bits per heavy atom. The summed E-state index contributed by atoms with van der Waals surface area (Å²) >= 11 is 0. The fourth-order valence-corrected chi connectivity index (χ4v) is 19.6. The molecular formula is C72H84Cl4N4O12P4. The Labute approximate surface area is 589 Å². The molecule has 512 valence electrons. The smallest absolute Gasteiger partial charge is 0.430 e. The highest BCUT2D eigenvalue weighted by molar-refractivity contribution is 7.55. The molecule has 16 nitrogen and oxygen atoms in total. The van der Waals surface area contributed by atoms with Crippen LogP contribution in [0.15, 0.2) is 147 Å². The quantitative estimate of drug-likeness (QED) is 0.0762. The Morgan fingerprint density at radius 1 is 0.281 bits per heavy atom. The average Bonchev–Trinajstić information content (AvgIpc) is 0.720. The maximum Gasteiger partial charge on any atom is 0.430 e. The SMILES string of the molecule is CCP1(=O)Oc2c3cc4c(c2C)OP(=O)(CC)Oc2c(cc5c(c2C)OP(=O)(CC)Oc2c(cc6c(c2C)OP(=O)(CC)Oc2c(cc(c(c2C)O1)C3CCC[n+]1ccccc1)C6CCC[n+]1ccccc1)C5CCC[n+]1ccccc1)C4CCC[n+]1ccccc1.[Cl-].[Cl-].[Cl-].[Cl-]. The predicted octanol–water partition coefficient (Wildman–Crippen LogP) is 4.79. The number of benzene rings is 4. The van der Waals surface area contributed by atoms with Crippen LogP contribution in [0, 0.1) is 27.7 Å². The second-order valence-electron chi connectivity index (χ2n) is 25.0. The Hall–Kier alpha value is -6.04. The fraction of sp³-hybridized carbons (Fsp3) is 0.389. The molecule has 5 aliphatic rings. The minimum Gasteiger partial charge on any atom is -1.00 e. The highest BCUT2D eigenvalue weighted by Crippen LogP contribution is 2.68. The van der Waals surface area contributed by atoms with Crippen LogP contribution in [0.4, 0.5) is 0 Å². The van der Waals surface area contributed by atoms with Crippen molar-refractivity contribution in [3.05, 3.63) is 213 Å². The van der Waals surface area contributed by atoms with E-state index in [-0.39, 0.29) is 74.3 Å². The van der Waals surface area contributed by atoms with Gasteiger partial charge in [-0.05, 0) is 77.6 Å². The molecule has 8 aromatic rings. The molecule has 0 atom stereocenters. The minimum atomic E-state index is -4.16. The van der Waals surface area contributed by atoms with E-state index in [9.17, 15) is 0 Å². The monoisotopic (exact) mass is 1460 g/mol. The second kappa shape index (κ2) is 30.6. The Bertz CT molecular complexity index is 3640. The molecule has 96 heavy (non-hydrogen) atoms. The first-order chi connectivity index (χ1) is 44.4. The molecule has 0 saturated carbocycles. The van der Waals surface area contributed by atoms with Crippen LogP contribution < -0.4 is 104 Å². The number of rotatable bonds is 20. The van der Waals surface area contributed by atoms with E-state index in [1.54, 1.807) is 27.7 Å². The van der Waals surface area contributed by atoms with Crippen molar-refractivity contribution in [2.75, 3.05) is 24.6 Å². The molecule has 0 fully saturated rings. The molecule has 0 spiro atoms. The van der Waals surface area contributed by atoms with Crippen molar-refractivity contribution in [2.24, 2.45) is 0 Å². The summed E-state index contributed by atoms with van der Waals surface area (Å²) in [6, 6.07) is 33.0. The van der Waals surface area contributed by atoms with Crippen LogP contribution in [0.2, 0.25) is 0 Å². The number of hydrogen-bond donors (Lipinski definition) is 0. The number of hydrogen-bond acceptors (Lipinski definition) is 12.